The first-order valence-electron chi connectivity index (χ1n) is 8.34. The van der Waals surface area contributed by atoms with Crippen LogP contribution in [0.15, 0.2) is 79.6 Å². The van der Waals surface area contributed by atoms with Crippen LogP contribution >= 0.6 is 0 Å². The summed E-state index contributed by atoms with van der Waals surface area (Å²) in [6.07, 6.45) is 8.48. The van der Waals surface area contributed by atoms with Crippen molar-refractivity contribution >= 4 is 5.82 Å². The number of nitrogens with two attached hydrogens (primary N) is 1. The van der Waals surface area contributed by atoms with Gasteiger partial charge in [-0.3, -0.25) is 4.98 Å². The van der Waals surface area contributed by atoms with Crippen molar-refractivity contribution < 1.29 is 0 Å². The molecule has 4 rings (SSSR count). The molecule has 0 aliphatic rings. The minimum absolute atomic E-state index is 0.403. The van der Waals surface area contributed by atoms with E-state index in [0.717, 1.165) is 27.8 Å². The second kappa shape index (κ2) is 7.46. The van der Waals surface area contributed by atoms with Gasteiger partial charge < -0.3 is 5.73 Å². The van der Waals surface area contributed by atoms with Crippen LogP contribution in [0.4, 0.5) is 5.82 Å². The predicted molar refractivity (Wildman–Crippen MR) is 105 cm³/mol. The number of benzene rings is 1. The van der Waals surface area contributed by atoms with Crippen molar-refractivity contribution in [2.45, 2.75) is 0 Å². The Bertz CT molecular complexity index is 1120. The predicted octanol–water partition coefficient (Wildman–Crippen LogP) is 3.58. The first kappa shape index (κ1) is 16.4. The fraction of sp³-hybridized carbons (Fsp3) is 0. The second-order valence-corrected chi connectivity index (χ2v) is 5.80. The van der Waals surface area contributed by atoms with E-state index in [0.29, 0.717) is 11.5 Å². The Morgan fingerprint density at radius 2 is 1.52 bits per heavy atom. The van der Waals surface area contributed by atoms with Crippen LogP contribution in [0.2, 0.25) is 0 Å². The first-order valence-corrected chi connectivity index (χ1v) is 8.34. The van der Waals surface area contributed by atoms with Crippen molar-refractivity contribution in [3.05, 3.63) is 90.9 Å². The highest BCUT2D eigenvalue weighted by Crippen LogP contribution is 2.34. The van der Waals surface area contributed by atoms with E-state index in [1.54, 1.807) is 24.8 Å². The molecule has 3 aromatic heterocycles. The van der Waals surface area contributed by atoms with E-state index < -0.39 is 0 Å². The van der Waals surface area contributed by atoms with Crippen molar-refractivity contribution in [1.82, 2.24) is 19.9 Å². The minimum Gasteiger partial charge on any atom is -0.384 e. The van der Waals surface area contributed by atoms with Crippen molar-refractivity contribution in [2.75, 3.05) is 5.73 Å². The lowest BCUT2D eigenvalue weighted by atomic mass is 9.95. The van der Waals surface area contributed by atoms with Crippen molar-refractivity contribution in [3.63, 3.8) is 0 Å². The molecule has 0 aliphatic heterocycles. The van der Waals surface area contributed by atoms with Gasteiger partial charge >= 0.3 is 0 Å². The molecule has 1 aromatic carbocycles. The summed E-state index contributed by atoms with van der Waals surface area (Å²) in [5, 5.41) is 0. The van der Waals surface area contributed by atoms with Crippen LogP contribution in [0.25, 0.3) is 22.3 Å². The van der Waals surface area contributed by atoms with Gasteiger partial charge in [0.05, 0.1) is 0 Å². The number of hydrogen-bond acceptors (Lipinski definition) is 5. The molecular weight excluding hydrogens is 334 g/mol. The molecule has 5 heteroatoms. The molecule has 0 aliphatic carbocycles. The summed E-state index contributed by atoms with van der Waals surface area (Å²) in [5.41, 5.74) is 11.1. The van der Waals surface area contributed by atoms with E-state index in [9.17, 15) is 0 Å². The van der Waals surface area contributed by atoms with E-state index in [4.69, 9.17) is 5.73 Å². The Labute approximate surface area is 157 Å². The van der Waals surface area contributed by atoms with Crippen LogP contribution in [-0.2, 0) is 0 Å². The fourth-order valence-electron chi connectivity index (χ4n) is 2.79. The van der Waals surface area contributed by atoms with E-state index in [2.05, 4.69) is 31.8 Å². The average molecular weight is 349 g/mol. The molecule has 0 saturated heterocycles. The number of anilines is 1. The van der Waals surface area contributed by atoms with Crippen molar-refractivity contribution in [3.8, 4) is 34.1 Å². The first-order chi connectivity index (χ1) is 13.3. The molecule has 128 valence electrons. The van der Waals surface area contributed by atoms with Gasteiger partial charge in [-0.1, -0.05) is 24.1 Å². The van der Waals surface area contributed by atoms with Crippen LogP contribution in [0.1, 0.15) is 11.3 Å². The van der Waals surface area contributed by atoms with Gasteiger partial charge in [-0.15, -0.1) is 0 Å². The Balaban J connectivity index is 1.96. The second-order valence-electron chi connectivity index (χ2n) is 5.80. The molecule has 0 unspecified atom stereocenters. The Morgan fingerprint density at radius 1 is 0.778 bits per heavy atom. The van der Waals surface area contributed by atoms with Gasteiger partial charge in [-0.2, -0.15) is 0 Å². The number of pyridine rings is 2. The lowest BCUT2D eigenvalue weighted by Crippen LogP contribution is -2.00. The van der Waals surface area contributed by atoms with Crippen LogP contribution in [0.3, 0.4) is 0 Å². The third kappa shape index (κ3) is 3.65. The lowest BCUT2D eigenvalue weighted by Gasteiger charge is -2.12. The zero-order valence-corrected chi connectivity index (χ0v) is 14.4. The highest BCUT2D eigenvalue weighted by Gasteiger charge is 2.15. The summed E-state index contributed by atoms with van der Waals surface area (Å²) in [5.74, 6) is 6.73. The standard InChI is InChI=1S/C22H15N5/c23-21-12-19(17-8-10-24-11-9-17)22(18-13-25-15-26-14-18)20(27-21)7-6-16-4-2-1-3-5-16/h1-5,8-15H,(H2,23,27). The van der Waals surface area contributed by atoms with Crippen molar-refractivity contribution in [1.29, 1.82) is 0 Å². The highest BCUT2D eigenvalue weighted by molar-refractivity contribution is 5.87. The molecule has 4 aromatic rings. The van der Waals surface area contributed by atoms with Crippen LogP contribution in [0, 0.1) is 11.8 Å². The van der Waals surface area contributed by atoms with Crippen LogP contribution in [-0.4, -0.2) is 19.9 Å². The zero-order chi connectivity index (χ0) is 18.5. The maximum atomic E-state index is 6.09. The van der Waals surface area contributed by atoms with E-state index in [-0.39, 0.29) is 0 Å². The molecule has 0 fully saturated rings. The molecule has 27 heavy (non-hydrogen) atoms. The van der Waals surface area contributed by atoms with E-state index >= 15 is 0 Å². The average Bonchev–Trinajstić information content (AvgIpc) is 2.74. The molecule has 0 amide bonds. The maximum Gasteiger partial charge on any atom is 0.125 e. The minimum atomic E-state index is 0.403. The molecular formula is C22H15N5. The largest absolute Gasteiger partial charge is 0.384 e. The zero-order valence-electron chi connectivity index (χ0n) is 14.4. The Kier molecular flexibility index (Phi) is 4.54. The molecule has 2 N–H and O–H groups in total. The van der Waals surface area contributed by atoms with Gasteiger partial charge in [0.1, 0.15) is 17.8 Å². The molecule has 5 nitrogen and oxygen atoms in total. The number of rotatable bonds is 2. The third-order valence-electron chi connectivity index (χ3n) is 3.98. The molecule has 0 spiro atoms. The number of nitrogen functional groups attached to an aromatic ring is 1. The van der Waals surface area contributed by atoms with Gasteiger partial charge in [0, 0.05) is 41.5 Å². The highest BCUT2D eigenvalue weighted by atomic mass is 14.8. The van der Waals surface area contributed by atoms with Gasteiger partial charge in [-0.05, 0) is 47.4 Å². The summed E-state index contributed by atoms with van der Waals surface area (Å²) in [6, 6.07) is 15.5. The summed E-state index contributed by atoms with van der Waals surface area (Å²) in [4.78, 5) is 16.9. The van der Waals surface area contributed by atoms with Crippen LogP contribution in [0.5, 0.6) is 0 Å². The lowest BCUT2D eigenvalue weighted by molar-refractivity contribution is 1.16. The number of nitrogens with zero attached hydrogens (tertiary/aromatic N) is 4. The Hall–Kier alpha value is -4.04. The summed E-state index contributed by atoms with van der Waals surface area (Å²) in [7, 11) is 0. The van der Waals surface area contributed by atoms with Gasteiger partial charge in [-0.25, -0.2) is 15.0 Å². The summed E-state index contributed by atoms with van der Waals surface area (Å²) >= 11 is 0. The Morgan fingerprint density at radius 3 is 2.26 bits per heavy atom. The van der Waals surface area contributed by atoms with E-state index in [1.165, 1.54) is 6.33 Å². The van der Waals surface area contributed by atoms with Gasteiger partial charge in [0.15, 0.2) is 0 Å². The quantitative estimate of drug-likeness (QED) is 0.560. The number of hydrogen-bond donors (Lipinski definition) is 1. The van der Waals surface area contributed by atoms with Crippen LogP contribution < -0.4 is 5.73 Å². The smallest absolute Gasteiger partial charge is 0.125 e. The van der Waals surface area contributed by atoms with Gasteiger partial charge in [0.2, 0.25) is 0 Å². The maximum absolute atomic E-state index is 6.09. The normalized spacial score (nSPS) is 10.1. The molecule has 3 heterocycles. The topological polar surface area (TPSA) is 77.6 Å². The summed E-state index contributed by atoms with van der Waals surface area (Å²) < 4.78 is 0. The summed E-state index contributed by atoms with van der Waals surface area (Å²) in [6.45, 7) is 0. The molecule has 0 bridgehead atoms. The van der Waals surface area contributed by atoms with Crippen molar-refractivity contribution in [2.24, 2.45) is 0 Å². The number of aromatic nitrogens is 4. The van der Waals surface area contributed by atoms with E-state index in [1.807, 2.05) is 48.5 Å². The molecule has 0 atom stereocenters. The molecule has 0 radical (unpaired) electrons. The third-order valence-corrected chi connectivity index (χ3v) is 3.98. The SMILES string of the molecule is Nc1cc(-c2ccncc2)c(-c2cncnc2)c(C#Cc2ccccc2)n1. The van der Waals surface area contributed by atoms with Gasteiger partial charge in [0.25, 0.3) is 0 Å². The molecule has 0 saturated carbocycles. The fourth-order valence-corrected chi connectivity index (χ4v) is 2.79. The monoisotopic (exact) mass is 349 g/mol.